The van der Waals surface area contributed by atoms with Crippen molar-refractivity contribution in [3.05, 3.63) is 0 Å². The maximum atomic E-state index is 11.5. The van der Waals surface area contributed by atoms with Gasteiger partial charge in [0.15, 0.2) is 0 Å². The van der Waals surface area contributed by atoms with Crippen LogP contribution in [0.5, 0.6) is 0 Å². The van der Waals surface area contributed by atoms with Crippen molar-refractivity contribution in [3.8, 4) is 0 Å². The first-order valence-electron chi connectivity index (χ1n) is 8.27. The molecule has 0 aliphatic carbocycles. The molecule has 4 rings (SSSR count). The summed E-state index contributed by atoms with van der Waals surface area (Å²) in [6, 6.07) is 0. The number of rotatable bonds is 8. The van der Waals surface area contributed by atoms with E-state index in [1.165, 1.54) is 0 Å². The Kier molecular flexibility index (Phi) is 52.2. The zero-order valence-corrected chi connectivity index (χ0v) is 33.9. The van der Waals surface area contributed by atoms with Crippen LogP contribution in [0.25, 0.3) is 0 Å². The standard InChI is InChI=1S/2C6H9O7.3Na.11H2O.O.2Sb/c2*7-1-2(8)3(9)4(10)5(11)6(12)13;;;;;;;;;;;;;;;;;/h2*2-5,7-8H,1H2,(H,12,13);;;;11*1H2;;;/q2*-3;;;;;;;;;;;;;;;;2*+3/t2*2-,3-,4+,5-;;;;;;;;;;;;;;;;;/m11................./s1. The Morgan fingerprint density at radius 3 is 1.02 bits per heavy atom. The van der Waals surface area contributed by atoms with Crippen LogP contribution in [-0.4, -0.2) is 295 Å². The molecule has 0 amide bonds. The number of carbonyl (C=O) groups is 2. The molecule has 0 aromatic carbocycles. The van der Waals surface area contributed by atoms with Gasteiger partial charge in [-0.1, -0.05) is 0 Å². The van der Waals surface area contributed by atoms with Crippen LogP contribution in [0.2, 0.25) is 0 Å². The molecule has 4 aliphatic rings. The minimum Gasteiger partial charge on any atom is 0 e. The Morgan fingerprint density at radius 2 is 0.814 bits per heavy atom. The van der Waals surface area contributed by atoms with Gasteiger partial charge < -0.3 is 60.2 Å². The molecule has 257 valence electrons. The average Bonchev–Trinajstić information content (AvgIpc) is 3.42. The van der Waals surface area contributed by atoms with Gasteiger partial charge in [-0.05, 0) is 0 Å². The quantitative estimate of drug-likeness (QED) is 0.123. The van der Waals surface area contributed by atoms with E-state index in [1.54, 1.807) is 0 Å². The number of aliphatic carboxylic acids is 2. The van der Waals surface area contributed by atoms with Gasteiger partial charge in [0.2, 0.25) is 0 Å². The van der Waals surface area contributed by atoms with E-state index >= 15 is 0 Å². The maximum absolute atomic E-state index is 11.5. The van der Waals surface area contributed by atoms with Gasteiger partial charge in [-0.3, -0.25) is 0 Å². The number of carboxylic acids is 2. The van der Waals surface area contributed by atoms with E-state index in [-0.39, 0.29) is 149 Å². The Hall–Kier alpha value is 2.70. The van der Waals surface area contributed by atoms with Gasteiger partial charge in [-0.2, -0.15) is 0 Å². The fourth-order valence-corrected chi connectivity index (χ4v) is 23.5. The molecule has 2 unspecified atom stereocenters. The molecular formula is C12H40Na3O26Sb2. The Bertz CT molecular complexity index is 662. The van der Waals surface area contributed by atoms with E-state index < -0.39 is 115 Å². The summed E-state index contributed by atoms with van der Waals surface area (Å²) in [5, 5.41) is 56.8. The van der Waals surface area contributed by atoms with E-state index in [4.69, 9.17) is 29.6 Å². The fraction of sp³-hybridized carbons (Fsp3) is 0.833. The molecule has 4 aliphatic heterocycles. The monoisotopic (exact) mass is 911 g/mol. The number of carboxylic acid groups (broad SMARTS) is 2. The van der Waals surface area contributed by atoms with Crippen LogP contribution in [0.1, 0.15) is 0 Å². The largest absolute Gasteiger partial charge is 0 e. The van der Waals surface area contributed by atoms with Gasteiger partial charge in [0, 0.05) is 88.7 Å². The van der Waals surface area contributed by atoms with E-state index in [1.807, 2.05) is 0 Å². The van der Waals surface area contributed by atoms with Crippen LogP contribution in [0, 0.1) is 0 Å². The van der Waals surface area contributed by atoms with E-state index in [9.17, 15) is 30.0 Å². The van der Waals surface area contributed by atoms with Crippen LogP contribution in [0.3, 0.4) is 0 Å². The molecule has 10 atom stereocenters. The molecule has 43 heavy (non-hydrogen) atoms. The van der Waals surface area contributed by atoms with Crippen LogP contribution in [-0.2, 0) is 29.0 Å². The topological polar surface area (TPSA) is 567 Å². The van der Waals surface area contributed by atoms with E-state index in [0.29, 0.717) is 0 Å². The molecule has 4 bridgehead atoms. The first-order valence-corrected chi connectivity index (χ1v) is 16.6. The van der Waals surface area contributed by atoms with Gasteiger partial charge in [0.05, 0.1) is 0 Å². The van der Waals surface area contributed by atoms with Gasteiger partial charge in [-0.15, -0.1) is 0 Å². The molecule has 0 saturated carbocycles. The van der Waals surface area contributed by atoms with Crippen LogP contribution < -0.4 is 0 Å². The Balaban J connectivity index is -0.0000000813. The number of aliphatic hydroxyl groups is 4. The zero-order chi connectivity index (χ0) is 21.1. The number of fused-ring (bicyclic) bond motifs is 4. The number of aliphatic hydroxyl groups excluding tert-OH is 4. The van der Waals surface area contributed by atoms with Crippen LogP contribution in [0.4, 0.5) is 0 Å². The Labute approximate surface area is 319 Å². The first kappa shape index (κ1) is 75.8. The van der Waals surface area contributed by atoms with Gasteiger partial charge in [-0.25, -0.2) is 0 Å². The molecular weight excluding hydrogens is 873 g/mol. The second-order valence-corrected chi connectivity index (χ2v) is 18.8. The third-order valence-corrected chi connectivity index (χ3v) is 21.8. The summed E-state index contributed by atoms with van der Waals surface area (Å²) in [6.45, 7) is -1.50. The molecule has 4 saturated heterocycles. The molecule has 28 N–H and O–H groups in total. The molecule has 0 aromatic rings. The number of hydrogen-bond donors (Lipinski definition) is 6. The minimum atomic E-state index is -5.13. The zero-order valence-electron chi connectivity index (χ0n) is 22.8. The smallest absolute Gasteiger partial charge is 0 e. The van der Waals surface area contributed by atoms with Crippen molar-refractivity contribution in [2.75, 3.05) is 13.2 Å². The molecule has 4 fully saturated rings. The van der Waals surface area contributed by atoms with E-state index in [0.717, 1.165) is 0 Å². The molecule has 0 spiro atoms. The molecule has 26 nitrogen and oxygen atoms in total. The molecule has 4 heterocycles. The Morgan fingerprint density at radius 1 is 0.558 bits per heavy atom. The van der Waals surface area contributed by atoms with Crippen LogP contribution >= 0.6 is 0 Å². The normalized spacial score (nSPS) is 32.0. The second kappa shape index (κ2) is 29.6. The SMILES string of the molecule is O.O.O.O.O.O.O.O.O.O.O.O=C(O)[C@@H]1[O][Sb]2([O][Sb]34[O][C@H]([C@H](O)CO)[C@H]([O]3)[C@H](C(=O)O)[O]4)[O][C@H]([C@H](O)CO)[C@@H]1[O]2.[Na].[Na].[Na]. The summed E-state index contributed by atoms with van der Waals surface area (Å²) >= 11 is -10.3. The van der Waals surface area contributed by atoms with Crippen molar-refractivity contribution < 1.29 is 120 Å². The summed E-state index contributed by atoms with van der Waals surface area (Å²) in [6.07, 6.45) is -11.2. The van der Waals surface area contributed by atoms with Crippen molar-refractivity contribution in [2.45, 2.75) is 48.8 Å². The third kappa shape index (κ3) is 14.6. The molecule has 31 heteroatoms. The summed E-state index contributed by atoms with van der Waals surface area (Å²) < 4.78 is 38.5. The van der Waals surface area contributed by atoms with Crippen molar-refractivity contribution in [1.82, 2.24) is 0 Å². The third-order valence-electron chi connectivity index (χ3n) is 4.55. The minimum absolute atomic E-state index is 0. The molecule has 0 aromatic heterocycles. The van der Waals surface area contributed by atoms with Gasteiger partial charge in [0.25, 0.3) is 0 Å². The summed E-state index contributed by atoms with van der Waals surface area (Å²) in [7, 11) is 0. The predicted molar refractivity (Wildman–Crippen MR) is 140 cm³/mol. The maximum Gasteiger partial charge on any atom is 0 e. The molecule has 5 radical (unpaired) electrons. The predicted octanol–water partition coefficient (Wildman–Crippen LogP) is -15.1. The first-order chi connectivity index (χ1) is 13.6. The van der Waals surface area contributed by atoms with Gasteiger partial charge in [0.1, 0.15) is 0 Å². The van der Waals surface area contributed by atoms with Crippen molar-refractivity contribution in [1.29, 1.82) is 0 Å². The number of hydrogen-bond acceptors (Lipinski definition) is 13. The summed E-state index contributed by atoms with van der Waals surface area (Å²) in [5.74, 6) is -2.84. The van der Waals surface area contributed by atoms with E-state index in [2.05, 4.69) is 0 Å². The second-order valence-electron chi connectivity index (χ2n) is 6.48. The summed E-state index contributed by atoms with van der Waals surface area (Å²) in [4.78, 5) is 22.9. The van der Waals surface area contributed by atoms with Crippen molar-refractivity contribution >= 4 is 142 Å². The van der Waals surface area contributed by atoms with Crippen molar-refractivity contribution in [2.24, 2.45) is 0 Å². The average molecular weight is 913 g/mol. The van der Waals surface area contributed by atoms with Crippen molar-refractivity contribution in [3.63, 3.8) is 0 Å². The summed E-state index contributed by atoms with van der Waals surface area (Å²) in [5.41, 5.74) is 0. The van der Waals surface area contributed by atoms with Crippen LogP contribution in [0.15, 0.2) is 0 Å². The van der Waals surface area contributed by atoms with Gasteiger partial charge >= 0.3 is 175 Å². The fourth-order valence-electron chi connectivity index (χ4n) is 3.23.